The molecule has 0 aromatic rings. The molecule has 11 atom stereocenters. The Hall–Kier alpha value is -1.40. The topological polar surface area (TPSA) is 115 Å². The molecular formula is C29H44O6. The Balaban J connectivity index is 1.63. The number of aliphatic carboxylic acids is 2. The van der Waals surface area contributed by atoms with E-state index in [0.717, 1.165) is 44.1 Å². The maximum atomic E-state index is 12.8. The molecule has 5 aliphatic carbocycles. The highest BCUT2D eigenvalue weighted by molar-refractivity contribution is 5.77. The summed E-state index contributed by atoms with van der Waals surface area (Å²) in [4.78, 5) is 25.0. The van der Waals surface area contributed by atoms with E-state index in [2.05, 4.69) is 33.8 Å². The Kier molecular flexibility index (Phi) is 5.46. The lowest BCUT2D eigenvalue weighted by Gasteiger charge is -2.70. The van der Waals surface area contributed by atoms with Crippen molar-refractivity contribution in [2.24, 2.45) is 51.2 Å². The third-order valence-corrected chi connectivity index (χ3v) is 12.9. The van der Waals surface area contributed by atoms with Crippen LogP contribution in [0.4, 0.5) is 0 Å². The first-order valence-electron chi connectivity index (χ1n) is 13.7. The van der Waals surface area contributed by atoms with Gasteiger partial charge in [-0.3, -0.25) is 9.59 Å². The van der Waals surface area contributed by atoms with E-state index >= 15 is 0 Å². The molecule has 4 N–H and O–H groups in total. The lowest BCUT2D eigenvalue weighted by Crippen LogP contribution is -2.67. The minimum Gasteiger partial charge on any atom is -0.481 e. The second kappa shape index (κ2) is 7.56. The molecule has 196 valence electrons. The molecular weight excluding hydrogens is 444 g/mol. The monoisotopic (exact) mass is 488 g/mol. The summed E-state index contributed by atoms with van der Waals surface area (Å²) in [6.07, 6.45) is 7.92. The van der Waals surface area contributed by atoms with Gasteiger partial charge < -0.3 is 20.4 Å². The molecule has 0 amide bonds. The average Bonchev–Trinajstić information content (AvgIpc) is 2.77. The number of hydrogen-bond donors (Lipinski definition) is 4. The largest absolute Gasteiger partial charge is 0.481 e. The van der Waals surface area contributed by atoms with Crippen LogP contribution in [0.25, 0.3) is 0 Å². The first-order chi connectivity index (χ1) is 16.2. The van der Waals surface area contributed by atoms with Gasteiger partial charge in [-0.1, -0.05) is 39.3 Å². The van der Waals surface area contributed by atoms with Crippen molar-refractivity contribution in [3.8, 4) is 0 Å². The molecule has 6 heteroatoms. The summed E-state index contributed by atoms with van der Waals surface area (Å²) in [6.45, 7) is 10.8. The van der Waals surface area contributed by atoms with Crippen molar-refractivity contribution in [3.05, 3.63) is 11.6 Å². The second-order valence-electron chi connectivity index (χ2n) is 13.9. The van der Waals surface area contributed by atoms with Crippen LogP contribution >= 0.6 is 0 Å². The summed E-state index contributed by atoms with van der Waals surface area (Å²) in [7, 11) is 0. The summed E-state index contributed by atoms with van der Waals surface area (Å²) in [5.41, 5.74) is -1.41. The number of fused-ring (bicyclic) bond motifs is 7. The van der Waals surface area contributed by atoms with Crippen molar-refractivity contribution in [1.82, 2.24) is 0 Å². The molecule has 11 unspecified atom stereocenters. The Bertz CT molecular complexity index is 970. The Morgan fingerprint density at radius 3 is 2.26 bits per heavy atom. The molecule has 5 aliphatic rings. The quantitative estimate of drug-likeness (QED) is 0.412. The predicted molar refractivity (Wildman–Crippen MR) is 131 cm³/mol. The zero-order chi connectivity index (χ0) is 25.8. The Labute approximate surface area is 209 Å². The fourth-order valence-electron chi connectivity index (χ4n) is 10.4. The van der Waals surface area contributed by atoms with Gasteiger partial charge >= 0.3 is 11.9 Å². The summed E-state index contributed by atoms with van der Waals surface area (Å²) in [6, 6.07) is 0. The third kappa shape index (κ3) is 2.96. The van der Waals surface area contributed by atoms with Crippen LogP contribution in [-0.4, -0.2) is 44.1 Å². The van der Waals surface area contributed by atoms with E-state index in [1.165, 1.54) is 0 Å². The molecule has 0 spiro atoms. The van der Waals surface area contributed by atoms with Crippen molar-refractivity contribution in [2.75, 3.05) is 0 Å². The first-order valence-corrected chi connectivity index (χ1v) is 13.7. The van der Waals surface area contributed by atoms with Crippen LogP contribution < -0.4 is 0 Å². The molecule has 4 saturated carbocycles. The molecule has 0 aliphatic heterocycles. The number of rotatable bonds is 2. The molecule has 0 aromatic carbocycles. The summed E-state index contributed by atoms with van der Waals surface area (Å²) >= 11 is 0. The molecule has 6 nitrogen and oxygen atoms in total. The van der Waals surface area contributed by atoms with E-state index in [0.29, 0.717) is 19.3 Å². The van der Waals surface area contributed by atoms with Gasteiger partial charge in [-0.05, 0) is 98.7 Å². The molecule has 0 radical (unpaired) electrons. The van der Waals surface area contributed by atoms with Gasteiger partial charge in [0, 0.05) is 5.92 Å². The maximum Gasteiger partial charge on any atom is 0.310 e. The van der Waals surface area contributed by atoms with Crippen LogP contribution in [0.15, 0.2) is 11.6 Å². The van der Waals surface area contributed by atoms with Crippen LogP contribution in [0.3, 0.4) is 0 Å². The third-order valence-electron chi connectivity index (χ3n) is 12.9. The Morgan fingerprint density at radius 2 is 1.63 bits per heavy atom. The summed E-state index contributed by atoms with van der Waals surface area (Å²) in [5, 5.41) is 43.0. The van der Waals surface area contributed by atoms with Gasteiger partial charge in [-0.15, -0.1) is 0 Å². The van der Waals surface area contributed by atoms with Gasteiger partial charge in [0.05, 0.1) is 23.0 Å². The summed E-state index contributed by atoms with van der Waals surface area (Å²) in [5.74, 6) is -2.54. The number of carbonyl (C=O) groups is 2. The van der Waals surface area contributed by atoms with Crippen LogP contribution in [-0.2, 0) is 9.59 Å². The van der Waals surface area contributed by atoms with Gasteiger partial charge in [0.1, 0.15) is 0 Å². The number of aliphatic hydroxyl groups is 2. The average molecular weight is 489 g/mol. The highest BCUT2D eigenvalue weighted by atomic mass is 16.4. The highest BCUT2D eigenvalue weighted by Gasteiger charge is 2.71. The normalized spacial score (nSPS) is 55.5. The lowest BCUT2D eigenvalue weighted by atomic mass is 9.34. The molecule has 0 heterocycles. The summed E-state index contributed by atoms with van der Waals surface area (Å²) < 4.78 is 0. The number of allylic oxidation sites excluding steroid dienone is 1. The lowest BCUT2D eigenvalue weighted by molar-refractivity contribution is -0.210. The molecule has 0 bridgehead atoms. The van der Waals surface area contributed by atoms with Crippen molar-refractivity contribution in [2.45, 2.75) is 104 Å². The van der Waals surface area contributed by atoms with Crippen molar-refractivity contribution >= 4 is 11.9 Å². The standard InChI is InChI=1S/C29H44O6/c1-16-8-13-29(24(33)34)15-14-26(3)18(22(29)28(16,5)35)6-7-20-25(2)11-10-19(30)21(23(31)32)17(25)9-12-27(20,26)4/h6,16-17,19-22,30,35H,7-15H2,1-5H3,(H,31,32)(H,33,34). The fourth-order valence-corrected chi connectivity index (χ4v) is 10.4. The van der Waals surface area contributed by atoms with Crippen molar-refractivity contribution in [3.63, 3.8) is 0 Å². The number of hydrogen-bond acceptors (Lipinski definition) is 4. The fraction of sp³-hybridized carbons (Fsp3) is 0.862. The minimum atomic E-state index is -1.09. The maximum absolute atomic E-state index is 12.8. The van der Waals surface area contributed by atoms with E-state index in [4.69, 9.17) is 0 Å². The van der Waals surface area contributed by atoms with E-state index in [9.17, 15) is 30.0 Å². The number of carboxylic acids is 2. The zero-order valence-corrected chi connectivity index (χ0v) is 22.0. The van der Waals surface area contributed by atoms with Crippen molar-refractivity contribution < 1.29 is 30.0 Å². The Morgan fingerprint density at radius 1 is 0.943 bits per heavy atom. The van der Waals surface area contributed by atoms with E-state index in [-0.39, 0.29) is 34.0 Å². The number of carboxylic acid groups (broad SMARTS) is 2. The second-order valence-corrected chi connectivity index (χ2v) is 13.9. The molecule has 4 fully saturated rings. The van der Waals surface area contributed by atoms with E-state index < -0.39 is 40.9 Å². The molecule has 0 saturated heterocycles. The van der Waals surface area contributed by atoms with Crippen LogP contribution in [0.5, 0.6) is 0 Å². The van der Waals surface area contributed by atoms with Crippen LogP contribution in [0, 0.1) is 51.2 Å². The smallest absolute Gasteiger partial charge is 0.310 e. The predicted octanol–water partition coefficient (Wildman–Crippen LogP) is 4.88. The molecule has 0 aromatic heterocycles. The van der Waals surface area contributed by atoms with Gasteiger partial charge in [-0.2, -0.15) is 0 Å². The molecule has 5 rings (SSSR count). The van der Waals surface area contributed by atoms with Crippen LogP contribution in [0.1, 0.15) is 92.4 Å². The van der Waals surface area contributed by atoms with Gasteiger partial charge in [0.2, 0.25) is 0 Å². The minimum absolute atomic E-state index is 0.0261. The highest BCUT2D eigenvalue weighted by Crippen LogP contribution is 2.75. The SMILES string of the molecule is CC1CCC2(C(=O)O)CCC3(C)C(=CCC4C5(C)CCC(O)C(C(=O)O)C5CCC43C)C2C1(C)O. The van der Waals surface area contributed by atoms with E-state index in [1.807, 2.05) is 6.92 Å². The van der Waals surface area contributed by atoms with Crippen LogP contribution in [0.2, 0.25) is 0 Å². The van der Waals surface area contributed by atoms with E-state index in [1.54, 1.807) is 0 Å². The molecule has 35 heavy (non-hydrogen) atoms. The van der Waals surface area contributed by atoms with Gasteiger partial charge in [0.15, 0.2) is 0 Å². The van der Waals surface area contributed by atoms with Gasteiger partial charge in [0.25, 0.3) is 0 Å². The first kappa shape index (κ1) is 25.3. The zero-order valence-electron chi connectivity index (χ0n) is 22.0. The van der Waals surface area contributed by atoms with Gasteiger partial charge in [-0.25, -0.2) is 0 Å². The van der Waals surface area contributed by atoms with Crippen molar-refractivity contribution in [1.29, 1.82) is 0 Å². The number of aliphatic hydroxyl groups excluding tert-OH is 1.